The van der Waals surface area contributed by atoms with Gasteiger partial charge in [0.15, 0.2) is 5.82 Å². The molecule has 0 amide bonds. The molecule has 1 aliphatic rings. The van der Waals surface area contributed by atoms with Crippen LogP contribution in [-0.4, -0.2) is 44.1 Å². The summed E-state index contributed by atoms with van der Waals surface area (Å²) in [6, 6.07) is 6.65. The molecule has 0 saturated carbocycles. The molecule has 23 heavy (non-hydrogen) atoms. The van der Waals surface area contributed by atoms with Gasteiger partial charge >= 0.3 is 0 Å². The Hall–Kier alpha value is -1.57. The Morgan fingerprint density at radius 1 is 1.13 bits per heavy atom. The number of rotatable bonds is 3. The van der Waals surface area contributed by atoms with Crippen molar-refractivity contribution in [3.63, 3.8) is 0 Å². The van der Waals surface area contributed by atoms with Crippen molar-refractivity contribution in [1.29, 1.82) is 0 Å². The summed E-state index contributed by atoms with van der Waals surface area (Å²) in [5.74, 6) is 1.49. The van der Waals surface area contributed by atoms with Crippen LogP contribution < -0.4 is 4.90 Å². The maximum Gasteiger partial charge on any atom is 0.243 e. The molecule has 0 unspecified atom stereocenters. The largest absolute Gasteiger partial charge is 0.360 e. The van der Waals surface area contributed by atoms with Crippen LogP contribution in [0.15, 0.2) is 33.7 Å². The monoisotopic (exact) mass is 355 g/mol. The van der Waals surface area contributed by atoms with Gasteiger partial charge in [0.05, 0.1) is 4.90 Å². The maximum absolute atomic E-state index is 12.7. The molecule has 2 heterocycles. The van der Waals surface area contributed by atoms with Crippen LogP contribution in [0.1, 0.15) is 11.3 Å². The Balaban J connectivity index is 1.74. The molecule has 1 fully saturated rings. The lowest BCUT2D eigenvalue weighted by molar-refractivity contribution is 0.371. The minimum Gasteiger partial charge on any atom is -0.360 e. The van der Waals surface area contributed by atoms with E-state index in [4.69, 9.17) is 16.1 Å². The van der Waals surface area contributed by atoms with E-state index in [0.29, 0.717) is 31.2 Å². The number of nitrogens with zero attached hydrogens (tertiary/aromatic N) is 3. The summed E-state index contributed by atoms with van der Waals surface area (Å²) >= 11 is 5.97. The number of benzene rings is 1. The number of aryl methyl sites for hydroxylation is 2. The molecule has 6 nitrogen and oxygen atoms in total. The highest BCUT2D eigenvalue weighted by Gasteiger charge is 2.29. The predicted molar refractivity (Wildman–Crippen MR) is 88.4 cm³/mol. The highest BCUT2D eigenvalue weighted by molar-refractivity contribution is 7.89. The molecule has 0 radical (unpaired) electrons. The first-order valence-corrected chi connectivity index (χ1v) is 9.14. The topological polar surface area (TPSA) is 66.7 Å². The van der Waals surface area contributed by atoms with Crippen molar-refractivity contribution in [2.24, 2.45) is 0 Å². The third-order valence-corrected chi connectivity index (χ3v) is 6.26. The zero-order valence-corrected chi connectivity index (χ0v) is 14.6. The van der Waals surface area contributed by atoms with Gasteiger partial charge in [0, 0.05) is 37.3 Å². The average molecular weight is 356 g/mol. The van der Waals surface area contributed by atoms with E-state index in [1.54, 1.807) is 25.1 Å². The Bertz CT molecular complexity index is 811. The highest BCUT2D eigenvalue weighted by atomic mass is 35.5. The first-order valence-electron chi connectivity index (χ1n) is 7.32. The molecular formula is C15H18ClN3O3S. The second-order valence-electron chi connectivity index (χ2n) is 5.60. The fourth-order valence-corrected chi connectivity index (χ4v) is 4.21. The number of piperazine rings is 1. The van der Waals surface area contributed by atoms with Crippen molar-refractivity contribution in [2.45, 2.75) is 18.7 Å². The van der Waals surface area contributed by atoms with E-state index in [9.17, 15) is 8.42 Å². The highest BCUT2D eigenvalue weighted by Crippen LogP contribution is 2.24. The van der Waals surface area contributed by atoms with Gasteiger partial charge in [-0.25, -0.2) is 8.42 Å². The summed E-state index contributed by atoms with van der Waals surface area (Å²) < 4.78 is 32.0. The smallest absolute Gasteiger partial charge is 0.243 e. The molecule has 3 rings (SSSR count). The van der Waals surface area contributed by atoms with Crippen LogP contribution in [0.25, 0.3) is 0 Å². The lowest BCUT2D eigenvalue weighted by atomic mass is 10.2. The van der Waals surface area contributed by atoms with Gasteiger partial charge in [0.25, 0.3) is 0 Å². The van der Waals surface area contributed by atoms with Gasteiger partial charge in [-0.15, -0.1) is 0 Å². The molecule has 0 aliphatic carbocycles. The van der Waals surface area contributed by atoms with Crippen LogP contribution in [0.5, 0.6) is 0 Å². The van der Waals surface area contributed by atoms with Gasteiger partial charge in [0.2, 0.25) is 10.0 Å². The van der Waals surface area contributed by atoms with Crippen LogP contribution >= 0.6 is 11.6 Å². The van der Waals surface area contributed by atoms with Crippen LogP contribution in [0, 0.1) is 13.8 Å². The third-order valence-electron chi connectivity index (χ3n) is 3.95. The summed E-state index contributed by atoms with van der Waals surface area (Å²) in [6.07, 6.45) is 0. The van der Waals surface area contributed by atoms with Gasteiger partial charge < -0.3 is 9.42 Å². The van der Waals surface area contributed by atoms with Crippen LogP contribution in [0.2, 0.25) is 5.02 Å². The van der Waals surface area contributed by atoms with E-state index in [-0.39, 0.29) is 4.90 Å². The molecule has 0 N–H and O–H groups in total. The number of anilines is 1. The van der Waals surface area contributed by atoms with Gasteiger partial charge in [-0.3, -0.25) is 0 Å². The first kappa shape index (κ1) is 16.3. The zero-order chi connectivity index (χ0) is 16.6. The van der Waals surface area contributed by atoms with Gasteiger partial charge in [-0.05, 0) is 37.6 Å². The van der Waals surface area contributed by atoms with E-state index < -0.39 is 10.0 Å². The summed E-state index contributed by atoms with van der Waals surface area (Å²) in [7, 11) is -3.50. The zero-order valence-electron chi connectivity index (χ0n) is 13.0. The van der Waals surface area contributed by atoms with Gasteiger partial charge in [-0.1, -0.05) is 16.8 Å². The summed E-state index contributed by atoms with van der Waals surface area (Å²) in [5.41, 5.74) is 0.754. The molecule has 1 aliphatic heterocycles. The van der Waals surface area contributed by atoms with E-state index >= 15 is 0 Å². The lowest BCUT2D eigenvalue weighted by Gasteiger charge is -2.33. The van der Waals surface area contributed by atoms with Gasteiger partial charge in [0.1, 0.15) is 5.76 Å². The predicted octanol–water partition coefficient (Wildman–Crippen LogP) is 2.46. The fourth-order valence-electron chi connectivity index (χ4n) is 2.59. The second-order valence-corrected chi connectivity index (χ2v) is 7.94. The molecule has 1 aromatic heterocycles. The van der Waals surface area contributed by atoms with Crippen LogP contribution in [0.3, 0.4) is 0 Å². The molecule has 124 valence electrons. The molecule has 0 bridgehead atoms. The fraction of sp³-hybridized carbons (Fsp3) is 0.400. The van der Waals surface area contributed by atoms with E-state index in [1.165, 1.54) is 4.31 Å². The Morgan fingerprint density at radius 3 is 2.39 bits per heavy atom. The summed E-state index contributed by atoms with van der Waals surface area (Å²) in [4.78, 5) is 2.31. The second kappa shape index (κ2) is 6.14. The summed E-state index contributed by atoms with van der Waals surface area (Å²) in [6.45, 7) is 5.62. The molecule has 1 aromatic carbocycles. The average Bonchev–Trinajstić information content (AvgIpc) is 2.96. The number of hydrogen-bond acceptors (Lipinski definition) is 5. The Kier molecular flexibility index (Phi) is 4.35. The van der Waals surface area contributed by atoms with Crippen molar-refractivity contribution >= 4 is 27.4 Å². The van der Waals surface area contributed by atoms with Crippen molar-refractivity contribution in [3.8, 4) is 0 Å². The van der Waals surface area contributed by atoms with E-state index in [0.717, 1.165) is 17.1 Å². The van der Waals surface area contributed by atoms with Crippen molar-refractivity contribution in [3.05, 3.63) is 40.6 Å². The minimum absolute atomic E-state index is 0.283. The van der Waals surface area contributed by atoms with Gasteiger partial charge in [-0.2, -0.15) is 4.31 Å². The van der Waals surface area contributed by atoms with E-state index in [2.05, 4.69) is 5.16 Å². The molecule has 1 saturated heterocycles. The standard InChI is InChI=1S/C15H18ClN3O3S/c1-11-9-13(3-4-14(11)16)23(20,21)19-7-5-18(6-8-19)15-10-12(2)22-17-15/h3-4,9-10H,5-8H2,1-2H3. The van der Waals surface area contributed by atoms with Crippen molar-refractivity contribution < 1.29 is 12.9 Å². The van der Waals surface area contributed by atoms with Crippen LogP contribution in [-0.2, 0) is 10.0 Å². The normalized spacial score (nSPS) is 16.7. The quantitative estimate of drug-likeness (QED) is 0.846. The molecule has 2 aromatic rings. The summed E-state index contributed by atoms with van der Waals surface area (Å²) in [5, 5.41) is 4.54. The molecule has 8 heteroatoms. The maximum atomic E-state index is 12.7. The minimum atomic E-state index is -3.50. The number of sulfonamides is 1. The molecular weight excluding hydrogens is 338 g/mol. The Labute approximate surface area is 140 Å². The van der Waals surface area contributed by atoms with Crippen molar-refractivity contribution in [1.82, 2.24) is 9.46 Å². The lowest BCUT2D eigenvalue weighted by Crippen LogP contribution is -2.48. The number of aromatic nitrogens is 1. The third kappa shape index (κ3) is 3.22. The van der Waals surface area contributed by atoms with Crippen LogP contribution in [0.4, 0.5) is 5.82 Å². The number of halogens is 1. The molecule has 0 atom stereocenters. The van der Waals surface area contributed by atoms with Crippen molar-refractivity contribution in [2.75, 3.05) is 31.1 Å². The molecule has 0 spiro atoms. The van der Waals surface area contributed by atoms with E-state index in [1.807, 2.05) is 17.9 Å². The SMILES string of the molecule is Cc1cc(N2CCN(S(=O)(=O)c3ccc(Cl)c(C)c3)CC2)no1. The number of hydrogen-bond donors (Lipinski definition) is 0. The first-order chi connectivity index (χ1) is 10.9. The Morgan fingerprint density at radius 2 is 1.83 bits per heavy atom.